The Morgan fingerprint density at radius 1 is 1.29 bits per heavy atom. The monoisotopic (exact) mass is 305 g/mol. The molecule has 0 aliphatic carbocycles. The van der Waals surface area contributed by atoms with Gasteiger partial charge in [0.25, 0.3) is 0 Å². The minimum Gasteiger partial charge on any atom is -0.508 e. The zero-order valence-corrected chi connectivity index (χ0v) is 9.86. The predicted octanol–water partition coefficient (Wildman–Crippen LogP) is 1.38. The second kappa shape index (κ2) is 5.04. The molecular weight excluding hydrogens is 293 g/mol. The van der Waals surface area contributed by atoms with Crippen molar-refractivity contribution in [2.75, 3.05) is 18.4 Å². The van der Waals surface area contributed by atoms with Gasteiger partial charge in [-0.15, -0.1) is 24.0 Å². The predicted molar refractivity (Wildman–Crippen MR) is 67.4 cm³/mol. The van der Waals surface area contributed by atoms with E-state index in [1.54, 1.807) is 24.3 Å². The van der Waals surface area contributed by atoms with Gasteiger partial charge in [0, 0.05) is 12.2 Å². The van der Waals surface area contributed by atoms with E-state index in [0.717, 1.165) is 24.7 Å². The van der Waals surface area contributed by atoms with Gasteiger partial charge in [-0.25, -0.2) is 0 Å². The first-order valence-electron chi connectivity index (χ1n) is 4.19. The number of hydrogen-bond acceptors (Lipinski definition) is 4. The SMILES string of the molecule is I.Oc1ccc(NC2=NCCN2)cc1. The van der Waals surface area contributed by atoms with Gasteiger partial charge in [0.1, 0.15) is 5.75 Å². The Bertz CT molecular complexity index is 323. The normalized spacial score (nSPS) is 13.9. The summed E-state index contributed by atoms with van der Waals surface area (Å²) in [6.07, 6.45) is 0. The van der Waals surface area contributed by atoms with Crippen LogP contribution in [0.25, 0.3) is 0 Å². The third kappa shape index (κ3) is 2.76. The molecule has 0 bridgehead atoms. The topological polar surface area (TPSA) is 56.6 Å². The van der Waals surface area contributed by atoms with Crippen LogP contribution in [0.15, 0.2) is 29.3 Å². The van der Waals surface area contributed by atoms with Gasteiger partial charge in [-0.2, -0.15) is 0 Å². The van der Waals surface area contributed by atoms with Crippen LogP contribution in [0.5, 0.6) is 5.75 Å². The first-order valence-corrected chi connectivity index (χ1v) is 4.19. The fourth-order valence-electron chi connectivity index (χ4n) is 1.16. The highest BCUT2D eigenvalue weighted by Crippen LogP contribution is 2.13. The Hall–Kier alpha value is -0.980. The molecule has 0 spiro atoms. The molecule has 1 aliphatic rings. The molecule has 1 aliphatic heterocycles. The van der Waals surface area contributed by atoms with Crippen molar-refractivity contribution in [3.63, 3.8) is 0 Å². The molecule has 2 rings (SSSR count). The van der Waals surface area contributed by atoms with Gasteiger partial charge in [0.15, 0.2) is 5.96 Å². The molecule has 1 heterocycles. The maximum atomic E-state index is 9.04. The summed E-state index contributed by atoms with van der Waals surface area (Å²) < 4.78 is 0. The van der Waals surface area contributed by atoms with Crippen LogP contribution < -0.4 is 10.6 Å². The quantitative estimate of drug-likeness (QED) is 0.543. The third-order valence-electron chi connectivity index (χ3n) is 1.80. The summed E-state index contributed by atoms with van der Waals surface area (Å²) in [5, 5.41) is 15.2. The molecule has 0 radical (unpaired) electrons. The van der Waals surface area contributed by atoms with Gasteiger partial charge in [-0.3, -0.25) is 4.99 Å². The summed E-state index contributed by atoms with van der Waals surface area (Å²) in [7, 11) is 0. The van der Waals surface area contributed by atoms with E-state index in [-0.39, 0.29) is 29.7 Å². The Labute approximate surface area is 99.5 Å². The van der Waals surface area contributed by atoms with Crippen LogP contribution in [0.1, 0.15) is 0 Å². The largest absolute Gasteiger partial charge is 0.508 e. The van der Waals surface area contributed by atoms with Crippen molar-refractivity contribution in [2.24, 2.45) is 4.99 Å². The molecule has 1 aromatic rings. The van der Waals surface area contributed by atoms with Crippen LogP contribution in [-0.4, -0.2) is 24.2 Å². The number of aliphatic imine (C=N–C) groups is 1. The number of aromatic hydroxyl groups is 1. The number of rotatable bonds is 1. The summed E-state index contributed by atoms with van der Waals surface area (Å²) >= 11 is 0. The third-order valence-corrected chi connectivity index (χ3v) is 1.80. The number of guanidine groups is 1. The van der Waals surface area contributed by atoms with Crippen LogP contribution in [-0.2, 0) is 0 Å². The molecule has 0 saturated heterocycles. The van der Waals surface area contributed by atoms with Crippen LogP contribution in [0, 0.1) is 0 Å². The molecule has 5 heteroatoms. The molecule has 0 fully saturated rings. The standard InChI is InChI=1S/C9H11N3O.HI/c13-8-3-1-7(2-4-8)12-9-10-5-6-11-9;/h1-4,13H,5-6H2,(H2,10,11,12);1H. The number of hydrogen-bond donors (Lipinski definition) is 3. The average Bonchev–Trinajstić information content (AvgIpc) is 2.62. The number of benzene rings is 1. The van der Waals surface area contributed by atoms with Crippen molar-refractivity contribution in [1.29, 1.82) is 0 Å². The summed E-state index contributed by atoms with van der Waals surface area (Å²) in [5.74, 6) is 1.07. The lowest BCUT2D eigenvalue weighted by Gasteiger charge is -2.05. The van der Waals surface area contributed by atoms with E-state index in [4.69, 9.17) is 5.11 Å². The van der Waals surface area contributed by atoms with Crippen LogP contribution in [0.3, 0.4) is 0 Å². The molecule has 1 aromatic carbocycles. The number of nitrogens with one attached hydrogen (secondary N) is 2. The van der Waals surface area contributed by atoms with Crippen molar-refractivity contribution < 1.29 is 5.11 Å². The molecule has 0 unspecified atom stereocenters. The smallest absolute Gasteiger partial charge is 0.195 e. The maximum absolute atomic E-state index is 9.04. The van der Waals surface area contributed by atoms with E-state index in [1.165, 1.54) is 0 Å². The Kier molecular flexibility index (Phi) is 3.99. The van der Waals surface area contributed by atoms with Crippen molar-refractivity contribution >= 4 is 35.6 Å². The van der Waals surface area contributed by atoms with Gasteiger partial charge in [0.05, 0.1) is 6.54 Å². The van der Waals surface area contributed by atoms with Crippen LogP contribution in [0.4, 0.5) is 5.69 Å². The molecule has 0 saturated carbocycles. The maximum Gasteiger partial charge on any atom is 0.195 e. The van der Waals surface area contributed by atoms with Crippen molar-refractivity contribution in [3.8, 4) is 5.75 Å². The van der Waals surface area contributed by atoms with E-state index >= 15 is 0 Å². The highest BCUT2D eigenvalue weighted by atomic mass is 127. The summed E-state index contributed by atoms with van der Waals surface area (Å²) in [4.78, 5) is 4.19. The molecule has 4 nitrogen and oxygen atoms in total. The molecule has 14 heavy (non-hydrogen) atoms. The van der Waals surface area contributed by atoms with E-state index in [0.29, 0.717) is 0 Å². The number of phenols is 1. The zero-order valence-electron chi connectivity index (χ0n) is 7.53. The first kappa shape index (κ1) is 11.1. The molecule has 76 valence electrons. The number of halogens is 1. The average molecular weight is 305 g/mol. The van der Waals surface area contributed by atoms with Crippen molar-refractivity contribution in [1.82, 2.24) is 5.32 Å². The molecule has 0 atom stereocenters. The minimum atomic E-state index is 0. The molecule has 3 N–H and O–H groups in total. The summed E-state index contributed by atoms with van der Waals surface area (Å²) in [5.41, 5.74) is 0.922. The second-order valence-corrected chi connectivity index (χ2v) is 2.83. The molecular formula is C9H12IN3O. The van der Waals surface area contributed by atoms with E-state index in [1.807, 2.05) is 0 Å². The fourth-order valence-corrected chi connectivity index (χ4v) is 1.16. The van der Waals surface area contributed by atoms with Crippen LogP contribution in [0.2, 0.25) is 0 Å². The fraction of sp³-hybridized carbons (Fsp3) is 0.222. The van der Waals surface area contributed by atoms with E-state index in [9.17, 15) is 0 Å². The highest BCUT2D eigenvalue weighted by Gasteiger charge is 2.03. The van der Waals surface area contributed by atoms with Gasteiger partial charge < -0.3 is 15.7 Å². The second-order valence-electron chi connectivity index (χ2n) is 2.83. The lowest BCUT2D eigenvalue weighted by Crippen LogP contribution is -2.26. The Morgan fingerprint density at radius 3 is 2.57 bits per heavy atom. The van der Waals surface area contributed by atoms with Gasteiger partial charge in [-0.05, 0) is 24.3 Å². The number of phenolic OH excluding ortho intramolecular Hbond substituents is 1. The van der Waals surface area contributed by atoms with Crippen molar-refractivity contribution in [2.45, 2.75) is 0 Å². The Morgan fingerprint density at radius 2 is 2.00 bits per heavy atom. The number of anilines is 1. The van der Waals surface area contributed by atoms with Gasteiger partial charge >= 0.3 is 0 Å². The van der Waals surface area contributed by atoms with E-state index in [2.05, 4.69) is 15.6 Å². The minimum absolute atomic E-state index is 0. The van der Waals surface area contributed by atoms with Gasteiger partial charge in [-0.1, -0.05) is 0 Å². The first-order chi connectivity index (χ1) is 6.34. The number of nitrogens with zero attached hydrogens (tertiary/aromatic N) is 1. The highest BCUT2D eigenvalue weighted by molar-refractivity contribution is 14.0. The van der Waals surface area contributed by atoms with Crippen molar-refractivity contribution in [3.05, 3.63) is 24.3 Å². The van der Waals surface area contributed by atoms with E-state index < -0.39 is 0 Å². The Balaban J connectivity index is 0.000000980. The lowest BCUT2D eigenvalue weighted by atomic mass is 10.3. The van der Waals surface area contributed by atoms with Gasteiger partial charge in [0.2, 0.25) is 0 Å². The lowest BCUT2D eigenvalue weighted by molar-refractivity contribution is 0.475. The summed E-state index contributed by atoms with van der Waals surface area (Å²) in [6.45, 7) is 1.71. The molecule has 0 amide bonds. The molecule has 0 aromatic heterocycles. The zero-order chi connectivity index (χ0) is 9.10. The summed E-state index contributed by atoms with van der Waals surface area (Å²) in [6, 6.07) is 6.88. The van der Waals surface area contributed by atoms with Crippen LogP contribution >= 0.6 is 24.0 Å².